The third-order valence-corrected chi connectivity index (χ3v) is 10.7. The molecule has 0 saturated carbocycles. The maximum Gasteiger partial charge on any atom is 0.338 e. The molecule has 0 amide bonds. The summed E-state index contributed by atoms with van der Waals surface area (Å²) >= 11 is 3.48. The summed E-state index contributed by atoms with van der Waals surface area (Å²) in [6, 6.07) is 8.84. The highest BCUT2D eigenvalue weighted by atomic mass is 79.9. The summed E-state index contributed by atoms with van der Waals surface area (Å²) in [4.78, 5) is 12.1. The third kappa shape index (κ3) is 4.75. The molecule has 1 fully saturated rings. The van der Waals surface area contributed by atoms with Gasteiger partial charge in [0.25, 0.3) is 0 Å². The fourth-order valence-corrected chi connectivity index (χ4v) is 4.61. The molecule has 1 aliphatic heterocycles. The fraction of sp³-hybridized carbons (Fsp3) is 0.632. The minimum atomic E-state index is -2.15. The van der Waals surface area contributed by atoms with Crippen molar-refractivity contribution in [1.29, 1.82) is 0 Å². The second kappa shape index (κ2) is 8.10. The maximum atomic E-state index is 12.6. The summed E-state index contributed by atoms with van der Waals surface area (Å²) in [6.07, 6.45) is -2.63. The van der Waals surface area contributed by atoms with Crippen molar-refractivity contribution in [3.63, 3.8) is 0 Å². The van der Waals surface area contributed by atoms with Crippen LogP contribution in [0, 0.1) is 0 Å². The van der Waals surface area contributed by atoms with Crippen molar-refractivity contribution in [2.45, 2.75) is 75.3 Å². The van der Waals surface area contributed by atoms with Gasteiger partial charge in [0.2, 0.25) is 0 Å². The first-order chi connectivity index (χ1) is 11.9. The lowest BCUT2D eigenvalue weighted by molar-refractivity contribution is -0.218. The van der Waals surface area contributed by atoms with Crippen LogP contribution in [0.4, 0.5) is 0 Å². The second-order valence-corrected chi connectivity index (χ2v) is 14.1. The Kier molecular flexibility index (Phi) is 6.72. The van der Waals surface area contributed by atoms with Crippen LogP contribution in [0.25, 0.3) is 0 Å². The molecule has 5 nitrogen and oxygen atoms in total. The zero-order chi connectivity index (χ0) is 19.7. The van der Waals surface area contributed by atoms with E-state index in [1.807, 2.05) is 6.07 Å². The van der Waals surface area contributed by atoms with Crippen LogP contribution in [0.15, 0.2) is 30.3 Å². The summed E-state index contributed by atoms with van der Waals surface area (Å²) in [5, 5.41) is 10.2. The number of alkyl halides is 1. The topological polar surface area (TPSA) is 65.0 Å². The minimum Gasteiger partial charge on any atom is -0.453 e. The van der Waals surface area contributed by atoms with Crippen LogP contribution in [0.5, 0.6) is 0 Å². The number of ether oxygens (including phenoxy) is 2. The van der Waals surface area contributed by atoms with E-state index >= 15 is 0 Å². The van der Waals surface area contributed by atoms with Crippen LogP contribution in [-0.2, 0) is 13.9 Å². The molecular weight excluding hydrogens is 416 g/mol. The van der Waals surface area contributed by atoms with E-state index in [1.165, 1.54) is 0 Å². The molecule has 5 atom stereocenters. The van der Waals surface area contributed by atoms with Gasteiger partial charge in [-0.2, -0.15) is 0 Å². The van der Waals surface area contributed by atoms with Gasteiger partial charge >= 0.3 is 5.97 Å². The quantitative estimate of drug-likeness (QED) is 0.430. The molecule has 1 aromatic carbocycles. The molecule has 1 saturated heterocycles. The lowest BCUT2D eigenvalue weighted by atomic mass is 10.0. The molecule has 1 aromatic rings. The third-order valence-electron chi connectivity index (χ3n) is 5.22. The molecule has 1 heterocycles. The van der Waals surface area contributed by atoms with Crippen molar-refractivity contribution < 1.29 is 23.8 Å². The highest BCUT2D eigenvalue weighted by Crippen LogP contribution is 2.40. The predicted molar refractivity (Wildman–Crippen MR) is 107 cm³/mol. The van der Waals surface area contributed by atoms with Gasteiger partial charge in [0, 0.05) is 0 Å². The molecule has 146 valence electrons. The van der Waals surface area contributed by atoms with Gasteiger partial charge < -0.3 is 19.0 Å². The van der Waals surface area contributed by atoms with Crippen LogP contribution in [-0.4, -0.2) is 48.8 Å². The van der Waals surface area contributed by atoms with Gasteiger partial charge in [-0.3, -0.25) is 0 Å². The largest absolute Gasteiger partial charge is 0.453 e. The second-order valence-electron chi connectivity index (χ2n) is 8.25. The summed E-state index contributed by atoms with van der Waals surface area (Å²) < 4.78 is 17.8. The number of aliphatic hydroxyl groups excluding tert-OH is 1. The Bertz CT molecular complexity index is 616. The number of hydrogen-bond acceptors (Lipinski definition) is 5. The molecular formula is C19H29BrO5Si. The summed E-state index contributed by atoms with van der Waals surface area (Å²) in [5.41, 5.74) is 0.475. The van der Waals surface area contributed by atoms with E-state index in [0.717, 1.165) is 0 Å². The van der Waals surface area contributed by atoms with Crippen LogP contribution in [0.2, 0.25) is 18.1 Å². The van der Waals surface area contributed by atoms with Crippen LogP contribution >= 0.6 is 15.9 Å². The van der Waals surface area contributed by atoms with Gasteiger partial charge in [-0.25, -0.2) is 4.79 Å². The SMILES string of the molecule is C[C@H]1O[C@@H](O)[C@@H](Br)[C@@H](O[Si](C)(C)C(C)(C)C)[C@@H]1OC(=O)c1ccccc1. The number of aliphatic hydroxyl groups is 1. The number of halogens is 1. The normalized spacial score (nSPS) is 30.1. The van der Waals surface area contributed by atoms with E-state index in [1.54, 1.807) is 31.2 Å². The van der Waals surface area contributed by atoms with E-state index in [9.17, 15) is 9.90 Å². The minimum absolute atomic E-state index is 0.0137. The molecule has 0 unspecified atom stereocenters. The van der Waals surface area contributed by atoms with Crippen molar-refractivity contribution in [1.82, 2.24) is 0 Å². The first-order valence-corrected chi connectivity index (χ1v) is 12.7. The predicted octanol–water partition coefficient (Wildman–Crippen LogP) is 4.10. The lowest BCUT2D eigenvalue weighted by Gasteiger charge is -2.47. The van der Waals surface area contributed by atoms with E-state index in [4.69, 9.17) is 13.9 Å². The van der Waals surface area contributed by atoms with Crippen LogP contribution in [0.1, 0.15) is 38.1 Å². The Morgan fingerprint density at radius 1 is 1.19 bits per heavy atom. The standard InChI is InChI=1S/C19H29BrO5Si/c1-12-15(24-17(21)13-10-8-7-9-11-13)16(14(20)18(22)23-12)25-26(5,6)19(2,3)4/h7-12,14-16,18,22H,1-6H3/t12-,14+,15-,16-,18-/m1/s1. The van der Waals surface area contributed by atoms with Crippen molar-refractivity contribution >= 4 is 30.2 Å². The molecule has 0 spiro atoms. The van der Waals surface area contributed by atoms with E-state index in [2.05, 4.69) is 49.8 Å². The Labute approximate surface area is 165 Å². The molecule has 2 rings (SSSR count). The molecule has 26 heavy (non-hydrogen) atoms. The molecule has 0 aliphatic carbocycles. The van der Waals surface area contributed by atoms with Crippen LogP contribution < -0.4 is 0 Å². The van der Waals surface area contributed by atoms with Crippen molar-refractivity contribution in [3.8, 4) is 0 Å². The van der Waals surface area contributed by atoms with Gasteiger partial charge in [-0.1, -0.05) is 54.9 Å². The Morgan fingerprint density at radius 3 is 2.31 bits per heavy atom. The number of carbonyl (C=O) groups is 1. The first-order valence-electron chi connectivity index (χ1n) is 8.85. The first kappa shape index (κ1) is 21.6. The highest BCUT2D eigenvalue weighted by Gasteiger charge is 2.50. The molecule has 7 heteroatoms. The smallest absolute Gasteiger partial charge is 0.338 e. The highest BCUT2D eigenvalue weighted by molar-refractivity contribution is 9.09. The Balaban J connectivity index is 2.26. The van der Waals surface area contributed by atoms with Crippen molar-refractivity contribution in [2.75, 3.05) is 0 Å². The number of esters is 1. The molecule has 0 aromatic heterocycles. The zero-order valence-electron chi connectivity index (χ0n) is 16.2. The summed E-state index contributed by atoms with van der Waals surface area (Å²) in [7, 11) is -2.15. The van der Waals surface area contributed by atoms with Crippen molar-refractivity contribution in [3.05, 3.63) is 35.9 Å². The monoisotopic (exact) mass is 444 g/mol. The Morgan fingerprint density at radius 2 is 1.77 bits per heavy atom. The number of hydrogen-bond donors (Lipinski definition) is 1. The van der Waals surface area contributed by atoms with Gasteiger partial charge in [-0.15, -0.1) is 0 Å². The average Bonchev–Trinajstić information content (AvgIpc) is 2.55. The Hall–Kier alpha value is -0.733. The molecule has 1 aliphatic rings. The summed E-state index contributed by atoms with van der Waals surface area (Å²) in [6.45, 7) is 12.5. The average molecular weight is 445 g/mol. The zero-order valence-corrected chi connectivity index (χ0v) is 18.8. The molecule has 0 bridgehead atoms. The van der Waals surface area contributed by atoms with Crippen molar-refractivity contribution in [2.24, 2.45) is 0 Å². The van der Waals surface area contributed by atoms with Gasteiger partial charge in [0.15, 0.2) is 20.7 Å². The number of carbonyl (C=O) groups excluding carboxylic acids is 1. The van der Waals surface area contributed by atoms with Gasteiger partial charge in [0.1, 0.15) is 6.10 Å². The number of rotatable bonds is 4. The van der Waals surface area contributed by atoms with E-state index in [-0.39, 0.29) is 5.04 Å². The van der Waals surface area contributed by atoms with E-state index in [0.29, 0.717) is 5.56 Å². The van der Waals surface area contributed by atoms with Gasteiger partial charge in [-0.05, 0) is 37.2 Å². The summed E-state index contributed by atoms with van der Waals surface area (Å²) in [5.74, 6) is -0.425. The fourth-order valence-electron chi connectivity index (χ4n) is 2.56. The number of benzene rings is 1. The molecule has 1 N–H and O–H groups in total. The van der Waals surface area contributed by atoms with Crippen LogP contribution in [0.3, 0.4) is 0 Å². The molecule has 0 radical (unpaired) electrons. The maximum absolute atomic E-state index is 12.6. The van der Waals surface area contributed by atoms with Gasteiger partial charge in [0.05, 0.1) is 16.5 Å². The lowest BCUT2D eigenvalue weighted by Crippen LogP contribution is -2.60. The van der Waals surface area contributed by atoms with E-state index < -0.39 is 43.7 Å².